The van der Waals surface area contributed by atoms with E-state index in [9.17, 15) is 9.90 Å². The van der Waals surface area contributed by atoms with Crippen molar-refractivity contribution in [1.29, 1.82) is 0 Å². The third kappa shape index (κ3) is 3.55. The Morgan fingerprint density at radius 1 is 1.32 bits per heavy atom. The standard InChI is InChI=1S/C16H20BrNO4/c17-13-7-11(8-14-15(13)22-6-2-5-21-14)9-18-4-1-3-12(10-18)16(19)20/h7-8,12H,1-6,9-10H2,(H,19,20). The number of ether oxygens (including phenoxy) is 2. The van der Waals surface area contributed by atoms with Crippen LogP contribution in [-0.4, -0.2) is 42.3 Å². The van der Waals surface area contributed by atoms with Gasteiger partial charge in [0, 0.05) is 19.5 Å². The minimum absolute atomic E-state index is 0.252. The van der Waals surface area contributed by atoms with E-state index in [0.29, 0.717) is 19.8 Å². The van der Waals surface area contributed by atoms with Gasteiger partial charge in [-0.05, 0) is 53.0 Å². The summed E-state index contributed by atoms with van der Waals surface area (Å²) in [6, 6.07) is 4.05. The summed E-state index contributed by atoms with van der Waals surface area (Å²) in [6.45, 7) is 3.61. The Balaban J connectivity index is 1.74. The van der Waals surface area contributed by atoms with Gasteiger partial charge in [0.05, 0.1) is 23.6 Å². The highest BCUT2D eigenvalue weighted by Crippen LogP contribution is 2.38. The van der Waals surface area contributed by atoms with E-state index < -0.39 is 5.97 Å². The molecule has 2 heterocycles. The molecular weight excluding hydrogens is 350 g/mol. The van der Waals surface area contributed by atoms with Gasteiger partial charge in [0.15, 0.2) is 11.5 Å². The van der Waals surface area contributed by atoms with Crippen LogP contribution in [0.5, 0.6) is 11.5 Å². The molecule has 0 aliphatic carbocycles. The van der Waals surface area contributed by atoms with Crippen LogP contribution >= 0.6 is 15.9 Å². The summed E-state index contributed by atoms with van der Waals surface area (Å²) in [6.07, 6.45) is 2.59. The van der Waals surface area contributed by atoms with Gasteiger partial charge in [0.2, 0.25) is 0 Å². The molecule has 3 rings (SSSR count). The molecule has 0 spiro atoms. The van der Waals surface area contributed by atoms with Gasteiger partial charge in [-0.1, -0.05) is 0 Å². The highest BCUT2D eigenvalue weighted by atomic mass is 79.9. The van der Waals surface area contributed by atoms with E-state index in [1.165, 1.54) is 0 Å². The van der Waals surface area contributed by atoms with Crippen LogP contribution in [-0.2, 0) is 11.3 Å². The maximum Gasteiger partial charge on any atom is 0.307 e. The molecule has 0 bridgehead atoms. The number of nitrogens with zero attached hydrogens (tertiary/aromatic N) is 1. The molecule has 0 amide bonds. The number of likely N-dealkylation sites (tertiary alicyclic amines) is 1. The first-order valence-electron chi connectivity index (χ1n) is 7.66. The number of hydrogen-bond donors (Lipinski definition) is 1. The second kappa shape index (κ2) is 6.87. The summed E-state index contributed by atoms with van der Waals surface area (Å²) in [5.74, 6) is 0.596. The average molecular weight is 370 g/mol. The fourth-order valence-corrected chi connectivity index (χ4v) is 3.64. The molecule has 1 fully saturated rings. The zero-order valence-electron chi connectivity index (χ0n) is 12.4. The summed E-state index contributed by atoms with van der Waals surface area (Å²) in [4.78, 5) is 13.4. The number of piperidine rings is 1. The van der Waals surface area contributed by atoms with Gasteiger partial charge in [0.25, 0.3) is 0 Å². The van der Waals surface area contributed by atoms with Crippen molar-refractivity contribution in [2.75, 3.05) is 26.3 Å². The SMILES string of the molecule is O=C(O)C1CCCN(Cc2cc(Br)c3c(c2)OCCCO3)C1. The lowest BCUT2D eigenvalue weighted by molar-refractivity contribution is -0.143. The monoisotopic (exact) mass is 369 g/mol. The Labute approximate surface area is 138 Å². The molecule has 1 N–H and O–H groups in total. The van der Waals surface area contributed by atoms with Crippen molar-refractivity contribution < 1.29 is 19.4 Å². The van der Waals surface area contributed by atoms with Crippen LogP contribution in [0.4, 0.5) is 0 Å². The van der Waals surface area contributed by atoms with E-state index >= 15 is 0 Å². The Morgan fingerprint density at radius 3 is 2.95 bits per heavy atom. The van der Waals surface area contributed by atoms with E-state index in [0.717, 1.165) is 53.9 Å². The van der Waals surface area contributed by atoms with Crippen molar-refractivity contribution in [2.45, 2.75) is 25.8 Å². The van der Waals surface area contributed by atoms with Crippen LogP contribution in [0.25, 0.3) is 0 Å². The summed E-state index contributed by atoms with van der Waals surface area (Å²) in [5.41, 5.74) is 1.11. The van der Waals surface area contributed by atoms with Gasteiger partial charge in [-0.25, -0.2) is 0 Å². The molecule has 2 aliphatic heterocycles. The molecule has 22 heavy (non-hydrogen) atoms. The van der Waals surface area contributed by atoms with Gasteiger partial charge in [-0.3, -0.25) is 9.69 Å². The number of fused-ring (bicyclic) bond motifs is 1. The lowest BCUT2D eigenvalue weighted by atomic mass is 9.98. The number of aliphatic carboxylic acids is 1. The summed E-state index contributed by atoms with van der Waals surface area (Å²) in [5, 5.41) is 9.18. The van der Waals surface area contributed by atoms with Gasteiger partial charge in [0.1, 0.15) is 0 Å². The third-order valence-corrected chi connectivity index (χ3v) is 4.71. The smallest absolute Gasteiger partial charge is 0.307 e. The van der Waals surface area contributed by atoms with Crippen molar-refractivity contribution in [3.05, 3.63) is 22.2 Å². The first-order valence-corrected chi connectivity index (χ1v) is 8.46. The normalized spacial score (nSPS) is 22.1. The summed E-state index contributed by atoms with van der Waals surface area (Å²) >= 11 is 3.55. The van der Waals surface area contributed by atoms with Gasteiger partial charge in [-0.2, -0.15) is 0 Å². The maximum absolute atomic E-state index is 11.2. The van der Waals surface area contributed by atoms with Gasteiger partial charge < -0.3 is 14.6 Å². The summed E-state index contributed by atoms with van der Waals surface area (Å²) < 4.78 is 12.4. The molecule has 1 atom stereocenters. The van der Waals surface area contributed by atoms with Crippen LogP contribution < -0.4 is 9.47 Å². The van der Waals surface area contributed by atoms with Crippen molar-refractivity contribution >= 4 is 21.9 Å². The highest BCUT2D eigenvalue weighted by Gasteiger charge is 2.25. The predicted molar refractivity (Wildman–Crippen MR) is 85.4 cm³/mol. The molecule has 6 heteroatoms. The van der Waals surface area contributed by atoms with E-state index in [2.05, 4.69) is 20.8 Å². The van der Waals surface area contributed by atoms with E-state index in [-0.39, 0.29) is 5.92 Å². The van der Waals surface area contributed by atoms with Crippen molar-refractivity contribution in [3.8, 4) is 11.5 Å². The molecule has 0 radical (unpaired) electrons. The minimum atomic E-state index is -0.690. The van der Waals surface area contributed by atoms with Crippen molar-refractivity contribution in [1.82, 2.24) is 4.90 Å². The lowest BCUT2D eigenvalue weighted by Gasteiger charge is -2.30. The Hall–Kier alpha value is -1.27. The molecule has 1 unspecified atom stereocenters. The molecule has 1 saturated heterocycles. The van der Waals surface area contributed by atoms with E-state index in [1.807, 2.05) is 12.1 Å². The lowest BCUT2D eigenvalue weighted by Crippen LogP contribution is -2.38. The van der Waals surface area contributed by atoms with Crippen LogP contribution in [0, 0.1) is 5.92 Å². The Morgan fingerprint density at radius 2 is 2.14 bits per heavy atom. The molecule has 0 saturated carbocycles. The molecular formula is C16H20BrNO4. The first kappa shape index (κ1) is 15.6. The quantitative estimate of drug-likeness (QED) is 0.887. The second-order valence-corrected chi connectivity index (χ2v) is 6.72. The third-order valence-electron chi connectivity index (χ3n) is 4.12. The largest absolute Gasteiger partial charge is 0.490 e. The van der Waals surface area contributed by atoms with Crippen LogP contribution in [0.3, 0.4) is 0 Å². The maximum atomic E-state index is 11.2. The molecule has 1 aromatic carbocycles. The fraction of sp³-hybridized carbons (Fsp3) is 0.562. The Kier molecular flexibility index (Phi) is 4.88. The molecule has 0 aromatic heterocycles. The topological polar surface area (TPSA) is 59.0 Å². The molecule has 2 aliphatic rings. The zero-order valence-corrected chi connectivity index (χ0v) is 14.0. The molecule has 5 nitrogen and oxygen atoms in total. The number of rotatable bonds is 3. The number of carboxylic acid groups (broad SMARTS) is 1. The number of halogens is 1. The molecule has 120 valence electrons. The number of carboxylic acids is 1. The van der Waals surface area contributed by atoms with E-state index in [1.54, 1.807) is 0 Å². The Bertz CT molecular complexity index is 563. The number of hydrogen-bond acceptors (Lipinski definition) is 4. The fourth-order valence-electron chi connectivity index (χ4n) is 3.03. The van der Waals surface area contributed by atoms with E-state index in [4.69, 9.17) is 9.47 Å². The average Bonchev–Trinajstić information content (AvgIpc) is 2.73. The number of carbonyl (C=O) groups is 1. The van der Waals surface area contributed by atoms with Crippen LogP contribution in [0.1, 0.15) is 24.8 Å². The van der Waals surface area contributed by atoms with Crippen molar-refractivity contribution in [2.24, 2.45) is 5.92 Å². The second-order valence-electron chi connectivity index (χ2n) is 5.87. The highest BCUT2D eigenvalue weighted by molar-refractivity contribution is 9.10. The van der Waals surface area contributed by atoms with Crippen LogP contribution in [0.2, 0.25) is 0 Å². The number of benzene rings is 1. The van der Waals surface area contributed by atoms with Crippen LogP contribution in [0.15, 0.2) is 16.6 Å². The van der Waals surface area contributed by atoms with Gasteiger partial charge in [-0.15, -0.1) is 0 Å². The predicted octanol–water partition coefficient (Wildman–Crippen LogP) is 2.91. The van der Waals surface area contributed by atoms with Gasteiger partial charge >= 0.3 is 5.97 Å². The molecule has 1 aromatic rings. The first-order chi connectivity index (χ1) is 10.6. The zero-order chi connectivity index (χ0) is 15.5. The van der Waals surface area contributed by atoms with Crippen molar-refractivity contribution in [3.63, 3.8) is 0 Å². The minimum Gasteiger partial charge on any atom is -0.490 e. The summed E-state index contributed by atoms with van der Waals surface area (Å²) in [7, 11) is 0.